The Labute approximate surface area is 110 Å². The summed E-state index contributed by atoms with van der Waals surface area (Å²) in [7, 11) is 0. The predicted molar refractivity (Wildman–Crippen MR) is 73.2 cm³/mol. The van der Waals surface area contributed by atoms with Gasteiger partial charge in [-0.15, -0.1) is 0 Å². The van der Waals surface area contributed by atoms with E-state index < -0.39 is 11.7 Å². The summed E-state index contributed by atoms with van der Waals surface area (Å²) in [6, 6.07) is 7.29. The van der Waals surface area contributed by atoms with Crippen LogP contribution in [0.4, 0.5) is 10.6 Å². The van der Waals surface area contributed by atoms with Crippen molar-refractivity contribution < 1.29 is 9.53 Å². The number of ether oxygens (including phenoxy) is 1. The van der Waals surface area contributed by atoms with E-state index in [-0.39, 0.29) is 0 Å². The summed E-state index contributed by atoms with van der Waals surface area (Å²) in [6.07, 6.45) is -0.486. The van der Waals surface area contributed by atoms with Crippen LogP contribution in [0.5, 0.6) is 0 Å². The highest BCUT2D eigenvalue weighted by Gasteiger charge is 2.16. The summed E-state index contributed by atoms with van der Waals surface area (Å²) in [6.45, 7) is 5.45. The van der Waals surface area contributed by atoms with Crippen LogP contribution in [0.2, 0.25) is 5.02 Å². The summed E-state index contributed by atoms with van der Waals surface area (Å²) in [4.78, 5) is 14.7. The highest BCUT2D eigenvalue weighted by atomic mass is 35.5. The van der Waals surface area contributed by atoms with E-state index in [9.17, 15) is 4.79 Å². The zero-order valence-electron chi connectivity index (χ0n) is 10.5. The molecule has 2 aromatic rings. The van der Waals surface area contributed by atoms with Crippen molar-refractivity contribution in [1.82, 2.24) is 4.98 Å². The second kappa shape index (κ2) is 4.53. The van der Waals surface area contributed by atoms with Crippen LogP contribution in [0, 0.1) is 0 Å². The van der Waals surface area contributed by atoms with Crippen LogP contribution >= 0.6 is 11.6 Å². The number of carbonyl (C=O) groups excluding carboxylic acids is 1. The number of hydrogen-bond donors (Lipinski definition) is 2. The number of hydrogen-bond acceptors (Lipinski definition) is 2. The maximum Gasteiger partial charge on any atom is 0.413 e. The van der Waals surface area contributed by atoms with E-state index in [0.717, 1.165) is 10.9 Å². The highest BCUT2D eigenvalue weighted by Crippen LogP contribution is 2.22. The Morgan fingerprint density at radius 2 is 2.06 bits per heavy atom. The van der Waals surface area contributed by atoms with Gasteiger partial charge >= 0.3 is 6.09 Å². The molecule has 1 aromatic heterocycles. The van der Waals surface area contributed by atoms with Crippen molar-refractivity contribution in [3.05, 3.63) is 29.3 Å². The molecular formula is C13H15ClN2O2. The molecule has 2 rings (SSSR count). The number of halogens is 1. The Kier molecular flexibility index (Phi) is 3.22. The molecule has 1 aromatic carbocycles. The van der Waals surface area contributed by atoms with E-state index >= 15 is 0 Å². The summed E-state index contributed by atoms with van der Waals surface area (Å²) in [5.41, 5.74) is 0.393. The van der Waals surface area contributed by atoms with E-state index in [1.807, 2.05) is 39.0 Å². The third-order valence-electron chi connectivity index (χ3n) is 2.22. The number of benzene rings is 1. The van der Waals surface area contributed by atoms with Gasteiger partial charge in [0.2, 0.25) is 0 Å². The van der Waals surface area contributed by atoms with Gasteiger partial charge < -0.3 is 9.72 Å². The molecule has 0 saturated carbocycles. The monoisotopic (exact) mass is 266 g/mol. The number of aromatic amines is 1. The van der Waals surface area contributed by atoms with Gasteiger partial charge in [-0.2, -0.15) is 0 Å². The molecule has 5 heteroatoms. The fourth-order valence-corrected chi connectivity index (χ4v) is 1.76. The first-order chi connectivity index (χ1) is 8.33. The zero-order chi connectivity index (χ0) is 13.3. The Morgan fingerprint density at radius 3 is 2.72 bits per heavy atom. The van der Waals surface area contributed by atoms with Crippen LogP contribution < -0.4 is 5.32 Å². The maximum absolute atomic E-state index is 11.6. The van der Waals surface area contributed by atoms with Gasteiger partial charge in [0.1, 0.15) is 11.4 Å². The number of rotatable bonds is 1. The minimum absolute atomic E-state index is 0.486. The number of aromatic nitrogens is 1. The van der Waals surface area contributed by atoms with Crippen LogP contribution in [0.3, 0.4) is 0 Å². The molecule has 0 aliphatic rings. The number of anilines is 1. The smallest absolute Gasteiger partial charge is 0.413 e. The average Bonchev–Trinajstić information content (AvgIpc) is 2.55. The van der Waals surface area contributed by atoms with Crippen molar-refractivity contribution in [3.8, 4) is 0 Å². The SMILES string of the molecule is CC(C)(C)OC(=O)Nc1cc2cc(Cl)ccc2[nH]1. The third kappa shape index (κ3) is 3.17. The van der Waals surface area contributed by atoms with Crippen molar-refractivity contribution in [2.75, 3.05) is 5.32 Å². The molecule has 0 aliphatic carbocycles. The molecule has 0 saturated heterocycles. The molecule has 0 fully saturated rings. The molecule has 0 spiro atoms. The Morgan fingerprint density at radius 1 is 1.33 bits per heavy atom. The first kappa shape index (κ1) is 12.8. The lowest BCUT2D eigenvalue weighted by atomic mass is 10.2. The first-order valence-corrected chi connectivity index (χ1v) is 5.99. The molecular weight excluding hydrogens is 252 g/mol. The normalized spacial score (nSPS) is 11.6. The first-order valence-electron chi connectivity index (χ1n) is 5.62. The summed E-state index contributed by atoms with van der Waals surface area (Å²) >= 11 is 5.89. The van der Waals surface area contributed by atoms with Crippen molar-refractivity contribution in [1.29, 1.82) is 0 Å². The molecule has 1 amide bonds. The van der Waals surface area contributed by atoms with Crippen LogP contribution in [0.15, 0.2) is 24.3 Å². The lowest BCUT2D eigenvalue weighted by Gasteiger charge is -2.19. The fourth-order valence-electron chi connectivity index (χ4n) is 1.58. The van der Waals surface area contributed by atoms with Crippen molar-refractivity contribution >= 4 is 34.4 Å². The lowest BCUT2D eigenvalue weighted by Crippen LogP contribution is -2.27. The molecule has 18 heavy (non-hydrogen) atoms. The molecule has 0 atom stereocenters. The number of carbonyl (C=O) groups is 1. The van der Waals surface area contributed by atoms with Crippen molar-refractivity contribution in [2.45, 2.75) is 26.4 Å². The molecule has 1 heterocycles. The predicted octanol–water partition coefficient (Wildman–Crippen LogP) is 4.17. The second-order valence-corrected chi connectivity index (χ2v) is 5.48. The van der Waals surface area contributed by atoms with Gasteiger partial charge in [0, 0.05) is 15.9 Å². The topological polar surface area (TPSA) is 54.1 Å². The number of H-pyrrole nitrogens is 1. The average molecular weight is 267 g/mol. The van der Waals surface area contributed by atoms with Gasteiger partial charge in [0.05, 0.1) is 0 Å². The van der Waals surface area contributed by atoms with Gasteiger partial charge in [0.25, 0.3) is 0 Å². The van der Waals surface area contributed by atoms with E-state index in [2.05, 4.69) is 10.3 Å². The van der Waals surface area contributed by atoms with Crippen LogP contribution in [-0.2, 0) is 4.74 Å². The van der Waals surface area contributed by atoms with Crippen molar-refractivity contribution in [3.63, 3.8) is 0 Å². The molecule has 2 N–H and O–H groups in total. The number of nitrogens with one attached hydrogen (secondary N) is 2. The molecule has 4 nitrogen and oxygen atoms in total. The van der Waals surface area contributed by atoms with Gasteiger partial charge in [-0.1, -0.05) is 11.6 Å². The van der Waals surface area contributed by atoms with Crippen LogP contribution in [0.25, 0.3) is 10.9 Å². The summed E-state index contributed by atoms with van der Waals surface area (Å²) in [5, 5.41) is 4.24. The highest BCUT2D eigenvalue weighted by molar-refractivity contribution is 6.31. The molecule has 96 valence electrons. The molecule has 0 aliphatic heterocycles. The van der Waals surface area contributed by atoms with Gasteiger partial charge in [0.15, 0.2) is 0 Å². The fraction of sp³-hybridized carbons (Fsp3) is 0.308. The standard InChI is InChI=1S/C13H15ClN2O2/c1-13(2,3)18-12(17)16-11-7-8-6-9(14)4-5-10(8)15-11/h4-7,15H,1-3H3,(H,16,17). The van der Waals surface area contributed by atoms with E-state index in [0.29, 0.717) is 10.8 Å². The summed E-state index contributed by atoms with van der Waals surface area (Å²) < 4.78 is 5.17. The van der Waals surface area contributed by atoms with E-state index in [4.69, 9.17) is 16.3 Å². The van der Waals surface area contributed by atoms with Gasteiger partial charge in [-0.25, -0.2) is 4.79 Å². The Hall–Kier alpha value is -1.68. The van der Waals surface area contributed by atoms with E-state index in [1.54, 1.807) is 6.07 Å². The Balaban J connectivity index is 2.15. The quantitative estimate of drug-likeness (QED) is 0.814. The largest absolute Gasteiger partial charge is 0.444 e. The lowest BCUT2D eigenvalue weighted by molar-refractivity contribution is 0.0635. The Bertz CT molecular complexity index is 584. The minimum atomic E-state index is -0.514. The number of fused-ring (bicyclic) bond motifs is 1. The van der Waals surface area contributed by atoms with Crippen LogP contribution in [0.1, 0.15) is 20.8 Å². The third-order valence-corrected chi connectivity index (χ3v) is 2.45. The number of amides is 1. The second-order valence-electron chi connectivity index (χ2n) is 5.04. The van der Waals surface area contributed by atoms with Crippen LogP contribution in [-0.4, -0.2) is 16.7 Å². The zero-order valence-corrected chi connectivity index (χ0v) is 11.3. The minimum Gasteiger partial charge on any atom is -0.444 e. The summed E-state index contributed by atoms with van der Waals surface area (Å²) in [5.74, 6) is 0.585. The van der Waals surface area contributed by atoms with Crippen molar-refractivity contribution in [2.24, 2.45) is 0 Å². The molecule has 0 radical (unpaired) electrons. The molecule has 0 bridgehead atoms. The molecule has 0 unspecified atom stereocenters. The van der Waals surface area contributed by atoms with Gasteiger partial charge in [-0.3, -0.25) is 5.32 Å². The van der Waals surface area contributed by atoms with E-state index in [1.165, 1.54) is 0 Å². The van der Waals surface area contributed by atoms with Gasteiger partial charge in [-0.05, 0) is 45.0 Å². The maximum atomic E-state index is 11.6.